The van der Waals surface area contributed by atoms with E-state index in [1.54, 1.807) is 56.8 Å². The van der Waals surface area contributed by atoms with Crippen LogP contribution in [0.15, 0.2) is 42.6 Å². The molecule has 2 aromatic rings. The summed E-state index contributed by atoms with van der Waals surface area (Å²) in [6, 6.07) is 10.4. The number of hydrogen-bond acceptors (Lipinski definition) is 4. The highest BCUT2D eigenvalue weighted by atomic mass is 16.5. The number of rotatable bonds is 5. The molecule has 25 heavy (non-hydrogen) atoms. The number of carbonyl (C=O) groups excluding carboxylic acids is 2. The molecule has 1 aliphatic carbocycles. The number of pyridine rings is 1. The zero-order valence-corrected chi connectivity index (χ0v) is 14.5. The van der Waals surface area contributed by atoms with Crippen LogP contribution in [0.25, 0.3) is 0 Å². The lowest BCUT2D eigenvalue weighted by atomic mass is 10.1. The van der Waals surface area contributed by atoms with Gasteiger partial charge in [0.15, 0.2) is 0 Å². The molecule has 6 heteroatoms. The molecule has 0 radical (unpaired) electrons. The third-order valence-corrected chi connectivity index (χ3v) is 4.47. The number of hydrogen-bond donors (Lipinski definition) is 1. The van der Waals surface area contributed by atoms with Crippen LogP contribution >= 0.6 is 0 Å². The van der Waals surface area contributed by atoms with Gasteiger partial charge in [-0.2, -0.15) is 0 Å². The standard InChI is InChI=1S/C19H21N3O3/c1-12-10-16(12)18(23)21-14-6-4-13(5-7-14)19(24)22(2)15-8-9-17(25-3)20-11-15/h4-9,11-12,16H,10H2,1-3H3,(H,21,23)/t12-,16-/m0/s1. The monoisotopic (exact) mass is 339 g/mol. The Bertz CT molecular complexity index is 772. The minimum absolute atomic E-state index is 0.0491. The van der Waals surface area contributed by atoms with E-state index < -0.39 is 0 Å². The number of benzene rings is 1. The Kier molecular flexibility index (Phi) is 4.70. The second-order valence-electron chi connectivity index (χ2n) is 6.31. The lowest BCUT2D eigenvalue weighted by molar-refractivity contribution is -0.117. The van der Waals surface area contributed by atoms with E-state index in [2.05, 4.69) is 17.2 Å². The molecule has 0 saturated heterocycles. The quantitative estimate of drug-likeness (QED) is 0.909. The Morgan fingerprint density at radius 3 is 2.40 bits per heavy atom. The summed E-state index contributed by atoms with van der Waals surface area (Å²) >= 11 is 0. The number of nitrogens with zero attached hydrogens (tertiary/aromatic N) is 2. The molecule has 0 spiro atoms. The second-order valence-corrected chi connectivity index (χ2v) is 6.31. The first-order valence-electron chi connectivity index (χ1n) is 8.18. The van der Waals surface area contributed by atoms with E-state index in [0.717, 1.165) is 6.42 Å². The minimum atomic E-state index is -0.152. The molecule has 2 amide bonds. The fourth-order valence-electron chi connectivity index (χ4n) is 2.62. The number of nitrogens with one attached hydrogen (secondary N) is 1. The number of aromatic nitrogens is 1. The number of anilines is 2. The third kappa shape index (κ3) is 3.79. The third-order valence-electron chi connectivity index (χ3n) is 4.47. The summed E-state index contributed by atoms with van der Waals surface area (Å²) in [6.07, 6.45) is 2.53. The van der Waals surface area contributed by atoms with Gasteiger partial charge < -0.3 is 15.0 Å². The predicted octanol–water partition coefficient (Wildman–Crippen LogP) is 2.96. The lowest BCUT2D eigenvalue weighted by Gasteiger charge is -2.17. The van der Waals surface area contributed by atoms with Crippen molar-refractivity contribution in [3.05, 3.63) is 48.2 Å². The molecule has 1 saturated carbocycles. The molecule has 130 valence electrons. The summed E-state index contributed by atoms with van der Waals surface area (Å²) in [5.41, 5.74) is 1.91. The average Bonchev–Trinajstić information content (AvgIpc) is 3.38. The van der Waals surface area contributed by atoms with Crippen molar-refractivity contribution < 1.29 is 14.3 Å². The van der Waals surface area contributed by atoms with Crippen LogP contribution in [-0.4, -0.2) is 31.0 Å². The summed E-state index contributed by atoms with van der Waals surface area (Å²) in [5.74, 6) is 0.978. The van der Waals surface area contributed by atoms with Crippen LogP contribution in [0.4, 0.5) is 11.4 Å². The zero-order chi connectivity index (χ0) is 18.0. The Balaban J connectivity index is 1.66. The SMILES string of the molecule is COc1ccc(N(C)C(=O)c2ccc(NC(=O)[C@H]3C[C@@H]3C)cc2)cn1. The lowest BCUT2D eigenvalue weighted by Crippen LogP contribution is -2.26. The molecule has 1 aromatic carbocycles. The van der Waals surface area contributed by atoms with E-state index in [-0.39, 0.29) is 17.7 Å². The van der Waals surface area contributed by atoms with Gasteiger partial charge in [-0.05, 0) is 42.7 Å². The smallest absolute Gasteiger partial charge is 0.258 e. The fourth-order valence-corrected chi connectivity index (χ4v) is 2.62. The number of methoxy groups -OCH3 is 1. The van der Waals surface area contributed by atoms with E-state index in [0.29, 0.717) is 28.7 Å². The molecule has 1 fully saturated rings. The maximum atomic E-state index is 12.6. The fraction of sp³-hybridized carbons (Fsp3) is 0.316. The van der Waals surface area contributed by atoms with Gasteiger partial charge in [-0.1, -0.05) is 6.92 Å². The molecule has 1 heterocycles. The minimum Gasteiger partial charge on any atom is -0.481 e. The van der Waals surface area contributed by atoms with Crippen LogP contribution in [0.2, 0.25) is 0 Å². The first kappa shape index (κ1) is 17.0. The molecule has 2 atom stereocenters. The van der Waals surface area contributed by atoms with E-state index in [1.165, 1.54) is 4.90 Å². The summed E-state index contributed by atoms with van der Waals surface area (Å²) < 4.78 is 5.02. The van der Waals surface area contributed by atoms with Crippen LogP contribution in [0.1, 0.15) is 23.7 Å². The molecular formula is C19H21N3O3. The van der Waals surface area contributed by atoms with Gasteiger partial charge in [0.2, 0.25) is 11.8 Å². The van der Waals surface area contributed by atoms with Crippen molar-refractivity contribution in [2.45, 2.75) is 13.3 Å². The Hall–Kier alpha value is -2.89. The number of carbonyl (C=O) groups is 2. The maximum absolute atomic E-state index is 12.6. The molecule has 1 aliphatic rings. The van der Waals surface area contributed by atoms with Crippen molar-refractivity contribution in [3.8, 4) is 5.88 Å². The molecule has 0 unspecified atom stereocenters. The summed E-state index contributed by atoms with van der Waals surface area (Å²) in [6.45, 7) is 2.07. The molecule has 1 aromatic heterocycles. The Morgan fingerprint density at radius 2 is 1.88 bits per heavy atom. The highest BCUT2D eigenvalue weighted by Gasteiger charge is 2.39. The Labute approximate surface area is 146 Å². The van der Waals surface area contributed by atoms with E-state index in [9.17, 15) is 9.59 Å². The van der Waals surface area contributed by atoms with E-state index in [4.69, 9.17) is 4.74 Å². The average molecular weight is 339 g/mol. The summed E-state index contributed by atoms with van der Waals surface area (Å²) in [7, 11) is 3.23. The van der Waals surface area contributed by atoms with Crippen molar-refractivity contribution in [3.63, 3.8) is 0 Å². The first-order valence-corrected chi connectivity index (χ1v) is 8.18. The van der Waals surface area contributed by atoms with E-state index in [1.807, 2.05) is 0 Å². The van der Waals surface area contributed by atoms with Crippen molar-refractivity contribution in [1.29, 1.82) is 0 Å². The molecule has 1 N–H and O–H groups in total. The highest BCUT2D eigenvalue weighted by molar-refractivity contribution is 6.06. The van der Waals surface area contributed by atoms with Crippen LogP contribution in [0, 0.1) is 11.8 Å². The van der Waals surface area contributed by atoms with Crippen LogP contribution in [0.3, 0.4) is 0 Å². The maximum Gasteiger partial charge on any atom is 0.258 e. The van der Waals surface area contributed by atoms with Crippen molar-refractivity contribution >= 4 is 23.2 Å². The molecular weight excluding hydrogens is 318 g/mol. The molecule has 3 rings (SSSR count). The normalized spacial score (nSPS) is 18.4. The number of ether oxygens (including phenoxy) is 1. The number of amides is 2. The molecule has 0 aliphatic heterocycles. The van der Waals surface area contributed by atoms with Crippen molar-refractivity contribution in [2.75, 3.05) is 24.4 Å². The topological polar surface area (TPSA) is 71.5 Å². The Morgan fingerprint density at radius 1 is 1.20 bits per heavy atom. The molecule has 6 nitrogen and oxygen atoms in total. The van der Waals surface area contributed by atoms with E-state index >= 15 is 0 Å². The van der Waals surface area contributed by atoms with Gasteiger partial charge in [0.1, 0.15) is 0 Å². The zero-order valence-electron chi connectivity index (χ0n) is 14.5. The molecule has 0 bridgehead atoms. The first-order chi connectivity index (χ1) is 12.0. The van der Waals surface area contributed by atoms with Crippen LogP contribution in [-0.2, 0) is 4.79 Å². The summed E-state index contributed by atoms with van der Waals surface area (Å²) in [4.78, 5) is 30.1. The van der Waals surface area contributed by atoms with Crippen molar-refractivity contribution in [2.24, 2.45) is 11.8 Å². The van der Waals surface area contributed by atoms with Gasteiger partial charge in [-0.3, -0.25) is 9.59 Å². The van der Waals surface area contributed by atoms with Crippen LogP contribution < -0.4 is 15.0 Å². The largest absolute Gasteiger partial charge is 0.481 e. The van der Waals surface area contributed by atoms with Gasteiger partial charge in [0.25, 0.3) is 5.91 Å². The van der Waals surface area contributed by atoms with Gasteiger partial charge in [0, 0.05) is 30.3 Å². The van der Waals surface area contributed by atoms with Gasteiger partial charge in [-0.25, -0.2) is 4.98 Å². The van der Waals surface area contributed by atoms with Gasteiger partial charge >= 0.3 is 0 Å². The van der Waals surface area contributed by atoms with Crippen LogP contribution in [0.5, 0.6) is 5.88 Å². The second kappa shape index (κ2) is 6.93. The van der Waals surface area contributed by atoms with Crippen molar-refractivity contribution in [1.82, 2.24) is 4.98 Å². The van der Waals surface area contributed by atoms with Gasteiger partial charge in [-0.15, -0.1) is 0 Å². The predicted molar refractivity (Wildman–Crippen MR) is 95.9 cm³/mol. The highest BCUT2D eigenvalue weighted by Crippen LogP contribution is 2.38. The van der Waals surface area contributed by atoms with Gasteiger partial charge in [0.05, 0.1) is 19.0 Å². The summed E-state index contributed by atoms with van der Waals surface area (Å²) in [5, 5.41) is 2.89.